The fourth-order valence-corrected chi connectivity index (χ4v) is 3.87. The van der Waals surface area contributed by atoms with E-state index in [1.54, 1.807) is 4.90 Å². The number of hydrogen-bond acceptors (Lipinski definition) is 3. The largest absolute Gasteiger partial charge is 0.387 e. The number of rotatable bonds is 0. The van der Waals surface area contributed by atoms with Gasteiger partial charge in [0.2, 0.25) is 5.91 Å². The van der Waals surface area contributed by atoms with Gasteiger partial charge in [-0.15, -0.1) is 0 Å². The van der Waals surface area contributed by atoms with Gasteiger partial charge in [0.1, 0.15) is 5.54 Å². The smallest absolute Gasteiger partial charge is 0.223 e. The Bertz CT molecular complexity index is 367. The summed E-state index contributed by atoms with van der Waals surface area (Å²) in [6.45, 7) is 0.646. The molecule has 4 heteroatoms. The second-order valence-corrected chi connectivity index (χ2v) is 5.32. The number of Topliss-reactive ketones (excluding diaryl/α,β-unsaturated/α-hetero) is 1. The quantitative estimate of drug-likeness (QED) is 0.655. The Kier molecular flexibility index (Phi) is 1.97. The summed E-state index contributed by atoms with van der Waals surface area (Å²) in [6, 6.07) is 0. The number of carbonyl (C=O) groups excluding carboxylic acids is 2. The molecule has 16 heavy (non-hydrogen) atoms. The van der Waals surface area contributed by atoms with E-state index in [1.807, 2.05) is 0 Å². The fraction of sp³-hybridized carbons (Fsp3) is 0.833. The highest BCUT2D eigenvalue weighted by Gasteiger charge is 2.66. The average molecular weight is 223 g/mol. The van der Waals surface area contributed by atoms with Crippen molar-refractivity contribution in [2.75, 3.05) is 6.54 Å². The molecule has 88 valence electrons. The summed E-state index contributed by atoms with van der Waals surface area (Å²) in [5.74, 6) is 0.137. The van der Waals surface area contributed by atoms with Gasteiger partial charge in [-0.25, -0.2) is 0 Å². The van der Waals surface area contributed by atoms with E-state index in [2.05, 4.69) is 0 Å². The van der Waals surface area contributed by atoms with E-state index in [0.29, 0.717) is 38.6 Å². The molecule has 2 aliphatic heterocycles. The van der Waals surface area contributed by atoms with E-state index in [0.717, 1.165) is 12.8 Å². The van der Waals surface area contributed by atoms with Gasteiger partial charge in [-0.1, -0.05) is 0 Å². The first-order chi connectivity index (χ1) is 7.60. The molecule has 0 bridgehead atoms. The van der Waals surface area contributed by atoms with E-state index in [9.17, 15) is 14.7 Å². The highest BCUT2D eigenvalue weighted by Crippen LogP contribution is 2.51. The van der Waals surface area contributed by atoms with Crippen molar-refractivity contribution in [3.8, 4) is 0 Å². The van der Waals surface area contributed by atoms with Gasteiger partial charge in [-0.05, 0) is 32.1 Å². The maximum atomic E-state index is 12.2. The minimum absolute atomic E-state index is 0.0515. The van der Waals surface area contributed by atoms with Crippen LogP contribution in [0.5, 0.6) is 0 Å². The van der Waals surface area contributed by atoms with E-state index < -0.39 is 11.1 Å². The van der Waals surface area contributed by atoms with Gasteiger partial charge < -0.3 is 10.0 Å². The Balaban J connectivity index is 2.13. The molecular weight excluding hydrogens is 206 g/mol. The molecule has 3 aliphatic rings. The Hall–Kier alpha value is -0.900. The van der Waals surface area contributed by atoms with E-state index >= 15 is 0 Å². The van der Waals surface area contributed by atoms with Gasteiger partial charge in [-0.2, -0.15) is 0 Å². The number of nitrogens with zero attached hydrogens (tertiary/aromatic N) is 1. The summed E-state index contributed by atoms with van der Waals surface area (Å²) in [6.07, 6.45) is 4.41. The van der Waals surface area contributed by atoms with Crippen LogP contribution in [0.4, 0.5) is 0 Å². The van der Waals surface area contributed by atoms with Gasteiger partial charge in [0.25, 0.3) is 0 Å². The van der Waals surface area contributed by atoms with Crippen LogP contribution in [-0.4, -0.2) is 39.4 Å². The van der Waals surface area contributed by atoms with Crippen LogP contribution in [0.25, 0.3) is 0 Å². The molecule has 0 aromatic carbocycles. The van der Waals surface area contributed by atoms with E-state index in [4.69, 9.17) is 0 Å². The van der Waals surface area contributed by atoms with Crippen LogP contribution in [0, 0.1) is 0 Å². The molecule has 2 saturated heterocycles. The van der Waals surface area contributed by atoms with Crippen molar-refractivity contribution in [3.63, 3.8) is 0 Å². The van der Waals surface area contributed by atoms with Crippen LogP contribution < -0.4 is 0 Å². The highest BCUT2D eigenvalue weighted by atomic mass is 16.3. The van der Waals surface area contributed by atoms with Crippen molar-refractivity contribution in [1.29, 1.82) is 0 Å². The number of ketones is 1. The molecule has 2 heterocycles. The van der Waals surface area contributed by atoms with Gasteiger partial charge in [0.05, 0.1) is 5.60 Å². The van der Waals surface area contributed by atoms with Gasteiger partial charge in [0, 0.05) is 19.4 Å². The third-order valence-corrected chi connectivity index (χ3v) is 4.68. The summed E-state index contributed by atoms with van der Waals surface area (Å²) in [7, 11) is 0. The number of hydrogen-bond donors (Lipinski definition) is 1. The maximum Gasteiger partial charge on any atom is 0.223 e. The monoisotopic (exact) mass is 223 g/mol. The third kappa shape index (κ3) is 0.986. The number of aliphatic hydroxyl groups is 1. The lowest BCUT2D eigenvalue weighted by atomic mass is 9.78. The molecule has 2 atom stereocenters. The standard InChI is InChI=1S/C12H17NO3/c14-9-3-6-11(16)5-1-2-8-13-10(15)4-7-12(9,11)13/h16H,1-8H2/t11-,12+/m1/s1. The molecule has 1 amide bonds. The Morgan fingerprint density at radius 1 is 1.06 bits per heavy atom. The molecule has 3 fully saturated rings. The first kappa shape index (κ1) is 10.3. The zero-order chi connectivity index (χ0) is 11.4. The highest BCUT2D eigenvalue weighted by molar-refractivity contribution is 5.99. The molecule has 1 aliphatic carbocycles. The molecule has 1 saturated carbocycles. The lowest BCUT2D eigenvalue weighted by Crippen LogP contribution is -2.61. The molecule has 0 unspecified atom stereocenters. The van der Waals surface area contributed by atoms with Crippen LogP contribution in [0.15, 0.2) is 0 Å². The minimum atomic E-state index is -0.938. The van der Waals surface area contributed by atoms with Crippen LogP contribution >= 0.6 is 0 Å². The molecule has 1 N–H and O–H groups in total. The van der Waals surface area contributed by atoms with Crippen molar-refractivity contribution in [1.82, 2.24) is 4.90 Å². The molecular formula is C12H17NO3. The predicted molar refractivity (Wildman–Crippen MR) is 56.7 cm³/mol. The third-order valence-electron chi connectivity index (χ3n) is 4.68. The minimum Gasteiger partial charge on any atom is -0.387 e. The second-order valence-electron chi connectivity index (χ2n) is 5.32. The number of amides is 1. The van der Waals surface area contributed by atoms with Crippen LogP contribution in [0.3, 0.4) is 0 Å². The van der Waals surface area contributed by atoms with Crippen molar-refractivity contribution < 1.29 is 14.7 Å². The van der Waals surface area contributed by atoms with Crippen LogP contribution in [0.2, 0.25) is 0 Å². The summed E-state index contributed by atoms with van der Waals surface area (Å²) in [5, 5.41) is 10.7. The SMILES string of the molecule is O=C1CC[C@]23C(=O)CC[C@]2(O)CCCCN13. The summed E-state index contributed by atoms with van der Waals surface area (Å²) >= 11 is 0. The maximum absolute atomic E-state index is 12.2. The van der Waals surface area contributed by atoms with Crippen molar-refractivity contribution in [2.45, 2.75) is 56.1 Å². The van der Waals surface area contributed by atoms with E-state index in [-0.39, 0.29) is 11.7 Å². The summed E-state index contributed by atoms with van der Waals surface area (Å²) < 4.78 is 0. The molecule has 4 nitrogen and oxygen atoms in total. The zero-order valence-corrected chi connectivity index (χ0v) is 9.37. The Morgan fingerprint density at radius 3 is 2.69 bits per heavy atom. The lowest BCUT2D eigenvalue weighted by molar-refractivity contribution is -0.149. The summed E-state index contributed by atoms with van der Waals surface area (Å²) in [5.41, 5.74) is -1.78. The van der Waals surface area contributed by atoms with Crippen molar-refractivity contribution in [2.24, 2.45) is 0 Å². The second kappa shape index (κ2) is 3.06. The normalized spacial score (nSPS) is 43.2. The topological polar surface area (TPSA) is 57.6 Å². The van der Waals surface area contributed by atoms with Gasteiger partial charge in [0.15, 0.2) is 5.78 Å². The van der Waals surface area contributed by atoms with E-state index in [1.165, 1.54) is 0 Å². The van der Waals surface area contributed by atoms with Crippen molar-refractivity contribution >= 4 is 11.7 Å². The zero-order valence-electron chi connectivity index (χ0n) is 9.37. The average Bonchev–Trinajstić information content (AvgIpc) is 2.65. The lowest BCUT2D eigenvalue weighted by Gasteiger charge is -2.42. The van der Waals surface area contributed by atoms with Crippen molar-refractivity contribution in [3.05, 3.63) is 0 Å². The van der Waals surface area contributed by atoms with Crippen LogP contribution in [0.1, 0.15) is 44.9 Å². The molecule has 3 rings (SSSR count). The fourth-order valence-electron chi connectivity index (χ4n) is 3.87. The molecule has 0 aromatic heterocycles. The first-order valence-corrected chi connectivity index (χ1v) is 6.16. The molecule has 0 aromatic rings. The van der Waals surface area contributed by atoms with Gasteiger partial charge >= 0.3 is 0 Å². The summed E-state index contributed by atoms with van der Waals surface area (Å²) in [4.78, 5) is 25.7. The van der Waals surface area contributed by atoms with Crippen LogP contribution in [-0.2, 0) is 9.59 Å². The number of carbonyl (C=O) groups is 2. The first-order valence-electron chi connectivity index (χ1n) is 6.16. The Morgan fingerprint density at radius 2 is 1.88 bits per heavy atom. The molecule has 0 radical (unpaired) electrons. The van der Waals surface area contributed by atoms with Gasteiger partial charge in [-0.3, -0.25) is 9.59 Å². The molecule has 1 spiro atoms. The Labute approximate surface area is 94.6 Å². The predicted octanol–water partition coefficient (Wildman–Crippen LogP) is 0.625.